The maximum Gasteiger partial charge on any atom is 0.221 e. The second-order valence-corrected chi connectivity index (χ2v) is 4.47. The minimum atomic E-state index is -0.258. The third kappa shape index (κ3) is 5.94. The quantitative estimate of drug-likeness (QED) is 0.578. The number of hydrogen-bond donors (Lipinski definition) is 3. The number of hydrogen-bond acceptors (Lipinski definition) is 3. The van der Waals surface area contributed by atoms with Crippen LogP contribution in [0.4, 0.5) is 0 Å². The summed E-state index contributed by atoms with van der Waals surface area (Å²) in [7, 11) is 0. The molecule has 0 aliphatic heterocycles. The number of carbonyl (C=O) groups is 1. The van der Waals surface area contributed by atoms with E-state index in [0.717, 1.165) is 6.42 Å². The SMILES string of the molecule is CCC(N)CC(=O)NCC(C)(C)CO. The van der Waals surface area contributed by atoms with E-state index in [1.54, 1.807) is 0 Å². The molecule has 1 unspecified atom stereocenters. The zero-order valence-electron chi connectivity index (χ0n) is 9.34. The van der Waals surface area contributed by atoms with Crippen LogP contribution in [-0.4, -0.2) is 30.2 Å². The number of carbonyl (C=O) groups excluding carboxylic acids is 1. The fourth-order valence-corrected chi connectivity index (χ4v) is 0.848. The van der Waals surface area contributed by atoms with E-state index >= 15 is 0 Å². The van der Waals surface area contributed by atoms with Gasteiger partial charge in [0.2, 0.25) is 5.91 Å². The Balaban J connectivity index is 3.74. The van der Waals surface area contributed by atoms with Gasteiger partial charge in [-0.2, -0.15) is 0 Å². The van der Waals surface area contributed by atoms with Crippen molar-refractivity contribution in [3.8, 4) is 0 Å². The first-order valence-electron chi connectivity index (χ1n) is 5.04. The molecule has 0 aromatic carbocycles. The van der Waals surface area contributed by atoms with Crippen LogP contribution < -0.4 is 11.1 Å². The maximum absolute atomic E-state index is 11.3. The molecule has 14 heavy (non-hydrogen) atoms. The average Bonchev–Trinajstić information content (AvgIpc) is 2.15. The summed E-state index contributed by atoms with van der Waals surface area (Å²) >= 11 is 0. The van der Waals surface area contributed by atoms with Gasteiger partial charge < -0.3 is 16.2 Å². The van der Waals surface area contributed by atoms with Crippen LogP contribution in [0.15, 0.2) is 0 Å². The smallest absolute Gasteiger partial charge is 0.221 e. The van der Waals surface area contributed by atoms with E-state index in [1.165, 1.54) is 0 Å². The molecule has 0 fully saturated rings. The van der Waals surface area contributed by atoms with E-state index in [9.17, 15) is 4.79 Å². The van der Waals surface area contributed by atoms with Crippen LogP contribution in [0.5, 0.6) is 0 Å². The molecule has 0 spiro atoms. The van der Waals surface area contributed by atoms with E-state index in [2.05, 4.69) is 5.32 Å². The Morgan fingerprint density at radius 3 is 2.57 bits per heavy atom. The Hall–Kier alpha value is -0.610. The van der Waals surface area contributed by atoms with Crippen LogP contribution in [0, 0.1) is 5.41 Å². The van der Waals surface area contributed by atoms with Gasteiger partial charge >= 0.3 is 0 Å². The standard InChI is InChI=1S/C10H22N2O2/c1-4-8(11)5-9(14)12-6-10(2,3)7-13/h8,13H,4-7,11H2,1-3H3,(H,12,14). The van der Waals surface area contributed by atoms with Crippen molar-refractivity contribution >= 4 is 5.91 Å². The van der Waals surface area contributed by atoms with Gasteiger partial charge in [-0.3, -0.25) is 4.79 Å². The minimum absolute atomic E-state index is 0.0409. The molecular weight excluding hydrogens is 180 g/mol. The van der Waals surface area contributed by atoms with Gasteiger partial charge in [0.05, 0.1) is 0 Å². The van der Waals surface area contributed by atoms with Crippen LogP contribution in [0.3, 0.4) is 0 Å². The summed E-state index contributed by atoms with van der Waals surface area (Å²) in [6, 6.07) is -0.0627. The largest absolute Gasteiger partial charge is 0.396 e. The number of amides is 1. The highest BCUT2D eigenvalue weighted by molar-refractivity contribution is 5.76. The van der Waals surface area contributed by atoms with E-state index in [-0.39, 0.29) is 24.0 Å². The van der Waals surface area contributed by atoms with E-state index in [4.69, 9.17) is 10.8 Å². The zero-order valence-corrected chi connectivity index (χ0v) is 9.34. The van der Waals surface area contributed by atoms with Gasteiger partial charge in [-0.05, 0) is 6.42 Å². The molecule has 0 saturated heterocycles. The second-order valence-electron chi connectivity index (χ2n) is 4.47. The number of nitrogens with two attached hydrogens (primary N) is 1. The molecule has 0 bridgehead atoms. The van der Waals surface area contributed by atoms with Crippen molar-refractivity contribution in [2.45, 2.75) is 39.7 Å². The molecule has 0 aromatic heterocycles. The molecule has 0 heterocycles. The van der Waals surface area contributed by atoms with Gasteiger partial charge in [-0.1, -0.05) is 20.8 Å². The molecule has 0 aliphatic carbocycles. The van der Waals surface area contributed by atoms with Crippen LogP contribution >= 0.6 is 0 Å². The summed E-state index contributed by atoms with van der Waals surface area (Å²) in [4.78, 5) is 11.3. The molecule has 4 heteroatoms. The number of rotatable bonds is 6. The summed E-state index contributed by atoms with van der Waals surface area (Å²) in [5, 5.41) is 11.7. The lowest BCUT2D eigenvalue weighted by Gasteiger charge is -2.22. The molecular formula is C10H22N2O2. The van der Waals surface area contributed by atoms with Gasteiger partial charge in [0.1, 0.15) is 0 Å². The van der Waals surface area contributed by atoms with E-state index in [0.29, 0.717) is 13.0 Å². The first kappa shape index (κ1) is 13.4. The molecule has 0 saturated carbocycles. The van der Waals surface area contributed by atoms with Gasteiger partial charge in [0, 0.05) is 31.0 Å². The fraction of sp³-hybridized carbons (Fsp3) is 0.900. The first-order chi connectivity index (χ1) is 6.41. The van der Waals surface area contributed by atoms with Crippen LogP contribution in [0.2, 0.25) is 0 Å². The predicted octanol–water partition coefficient (Wildman–Crippen LogP) is 0.248. The number of nitrogens with one attached hydrogen (secondary N) is 1. The van der Waals surface area contributed by atoms with Gasteiger partial charge in [0.25, 0.3) is 0 Å². The molecule has 1 amide bonds. The van der Waals surface area contributed by atoms with Crippen molar-refractivity contribution in [3.05, 3.63) is 0 Å². The molecule has 4 nitrogen and oxygen atoms in total. The second kappa shape index (κ2) is 5.98. The number of aliphatic hydroxyl groups is 1. The van der Waals surface area contributed by atoms with Crippen molar-refractivity contribution in [1.29, 1.82) is 0 Å². The Morgan fingerprint density at radius 2 is 2.14 bits per heavy atom. The van der Waals surface area contributed by atoms with Gasteiger partial charge in [-0.25, -0.2) is 0 Å². The lowest BCUT2D eigenvalue weighted by Crippen LogP contribution is -2.38. The van der Waals surface area contributed by atoms with Crippen molar-refractivity contribution in [3.63, 3.8) is 0 Å². The molecule has 0 rings (SSSR count). The summed E-state index contributed by atoms with van der Waals surface area (Å²) < 4.78 is 0. The Labute approximate surface area is 85.9 Å². The Bertz CT molecular complexity index is 181. The van der Waals surface area contributed by atoms with Crippen molar-refractivity contribution < 1.29 is 9.90 Å². The molecule has 0 radical (unpaired) electrons. The van der Waals surface area contributed by atoms with Crippen molar-refractivity contribution in [2.75, 3.05) is 13.2 Å². The lowest BCUT2D eigenvalue weighted by molar-refractivity contribution is -0.122. The summed E-state index contributed by atoms with van der Waals surface area (Å²) in [5.41, 5.74) is 5.38. The first-order valence-corrected chi connectivity index (χ1v) is 5.04. The highest BCUT2D eigenvalue weighted by atomic mass is 16.3. The average molecular weight is 202 g/mol. The molecule has 1 atom stereocenters. The summed E-state index contributed by atoms with van der Waals surface area (Å²) in [6.07, 6.45) is 1.16. The fourth-order valence-electron chi connectivity index (χ4n) is 0.848. The molecule has 0 aromatic rings. The zero-order chi connectivity index (χ0) is 11.2. The Kier molecular flexibility index (Phi) is 5.72. The summed E-state index contributed by atoms with van der Waals surface area (Å²) in [5.74, 6) is -0.0409. The molecule has 4 N–H and O–H groups in total. The third-order valence-corrected chi connectivity index (χ3v) is 2.16. The van der Waals surface area contributed by atoms with Crippen LogP contribution in [0.25, 0.3) is 0 Å². The normalized spacial score (nSPS) is 13.8. The maximum atomic E-state index is 11.3. The minimum Gasteiger partial charge on any atom is -0.396 e. The topological polar surface area (TPSA) is 75.4 Å². The Morgan fingerprint density at radius 1 is 1.57 bits per heavy atom. The van der Waals surface area contributed by atoms with Crippen molar-refractivity contribution in [2.24, 2.45) is 11.1 Å². The van der Waals surface area contributed by atoms with Crippen LogP contribution in [-0.2, 0) is 4.79 Å². The predicted molar refractivity (Wildman–Crippen MR) is 56.8 cm³/mol. The van der Waals surface area contributed by atoms with Crippen LogP contribution in [0.1, 0.15) is 33.6 Å². The highest BCUT2D eigenvalue weighted by Gasteiger charge is 2.17. The summed E-state index contributed by atoms with van der Waals surface area (Å²) in [6.45, 7) is 6.29. The van der Waals surface area contributed by atoms with Gasteiger partial charge in [0.15, 0.2) is 0 Å². The van der Waals surface area contributed by atoms with Gasteiger partial charge in [-0.15, -0.1) is 0 Å². The highest BCUT2D eigenvalue weighted by Crippen LogP contribution is 2.11. The van der Waals surface area contributed by atoms with Crippen molar-refractivity contribution in [1.82, 2.24) is 5.32 Å². The number of aliphatic hydroxyl groups excluding tert-OH is 1. The van der Waals surface area contributed by atoms with E-state index in [1.807, 2.05) is 20.8 Å². The van der Waals surface area contributed by atoms with E-state index < -0.39 is 0 Å². The third-order valence-electron chi connectivity index (χ3n) is 2.16. The molecule has 84 valence electrons. The lowest BCUT2D eigenvalue weighted by atomic mass is 9.95. The molecule has 0 aliphatic rings. The monoisotopic (exact) mass is 202 g/mol.